The summed E-state index contributed by atoms with van der Waals surface area (Å²) in [6.07, 6.45) is 1.60. The lowest BCUT2D eigenvalue weighted by Gasteiger charge is -2.29. The predicted octanol–water partition coefficient (Wildman–Crippen LogP) is 4.89. The zero-order valence-electron chi connectivity index (χ0n) is 11.6. The summed E-state index contributed by atoms with van der Waals surface area (Å²) in [5.74, 6) is -1.30. The minimum absolute atomic E-state index is 0.127. The maximum Gasteiger partial charge on any atom is 0.184 e. The minimum atomic E-state index is -0.650. The number of para-hydroxylation sites is 1. The molecule has 0 spiro atoms. The fraction of sp³-hybridized carbons (Fsp3) is 0.125. The molecule has 0 aliphatic carbocycles. The molecule has 1 heterocycles. The van der Waals surface area contributed by atoms with Crippen LogP contribution in [0.1, 0.15) is 5.56 Å². The molecule has 2 aromatic rings. The van der Waals surface area contributed by atoms with Crippen molar-refractivity contribution in [3.63, 3.8) is 0 Å². The number of hydrogen-bond acceptors (Lipinski definition) is 2. The van der Waals surface area contributed by atoms with Gasteiger partial charge >= 0.3 is 0 Å². The van der Waals surface area contributed by atoms with E-state index in [0.717, 1.165) is 0 Å². The molecule has 1 aliphatic rings. The summed E-state index contributed by atoms with van der Waals surface area (Å²) in [4.78, 5) is 3.26. The van der Waals surface area contributed by atoms with Crippen molar-refractivity contribution in [1.82, 2.24) is 4.90 Å². The quantitative estimate of drug-likeness (QED) is 0.567. The van der Waals surface area contributed by atoms with Gasteiger partial charge in [0.05, 0.1) is 22.0 Å². The number of benzene rings is 2. The van der Waals surface area contributed by atoms with Gasteiger partial charge in [-0.05, 0) is 24.3 Å². The molecule has 2 aromatic carbocycles. The summed E-state index contributed by atoms with van der Waals surface area (Å²) in [7, 11) is 1.73. The van der Waals surface area contributed by atoms with Crippen LogP contribution in [0, 0.1) is 11.6 Å². The highest BCUT2D eigenvalue weighted by Crippen LogP contribution is 2.40. The summed E-state index contributed by atoms with van der Waals surface area (Å²) < 4.78 is 28.3. The molecule has 0 aromatic heterocycles. The number of anilines is 1. The van der Waals surface area contributed by atoms with Crippen LogP contribution in [0.5, 0.6) is 0 Å². The molecule has 1 unspecified atom stereocenters. The van der Waals surface area contributed by atoms with Gasteiger partial charge in [0.1, 0.15) is 11.6 Å². The summed E-state index contributed by atoms with van der Waals surface area (Å²) in [5, 5.41) is 0.450. The molecule has 22 heavy (non-hydrogen) atoms. The Bertz CT molecular complexity index is 728. The van der Waals surface area contributed by atoms with Crippen molar-refractivity contribution in [3.05, 3.63) is 70.9 Å². The second-order valence-corrected chi connectivity index (χ2v) is 5.71. The van der Waals surface area contributed by atoms with Gasteiger partial charge in [0, 0.05) is 13.2 Å². The number of nitrogens with zero attached hydrogens (tertiary/aromatic N) is 2. The van der Waals surface area contributed by atoms with Gasteiger partial charge < -0.3 is 9.80 Å². The Morgan fingerprint density at radius 3 is 2.27 bits per heavy atom. The average molecular weight is 341 g/mol. The third-order valence-corrected chi connectivity index (χ3v) is 4.29. The Kier molecular flexibility index (Phi) is 3.98. The molecule has 1 aliphatic heterocycles. The molecule has 0 amide bonds. The van der Waals surface area contributed by atoms with E-state index in [4.69, 9.17) is 23.2 Å². The molecule has 0 bridgehead atoms. The topological polar surface area (TPSA) is 6.48 Å². The normalized spacial score (nSPS) is 17.9. The maximum atomic E-state index is 14.1. The minimum Gasteiger partial charge on any atom is -0.346 e. The highest BCUT2D eigenvalue weighted by molar-refractivity contribution is 6.34. The van der Waals surface area contributed by atoms with E-state index < -0.39 is 17.3 Å². The van der Waals surface area contributed by atoms with Crippen LogP contribution in [0.15, 0.2) is 48.7 Å². The van der Waals surface area contributed by atoms with Crippen molar-refractivity contribution < 1.29 is 8.78 Å². The van der Waals surface area contributed by atoms with Crippen LogP contribution >= 0.6 is 23.2 Å². The highest BCUT2D eigenvalue weighted by atomic mass is 35.5. The third-order valence-electron chi connectivity index (χ3n) is 3.47. The lowest BCUT2D eigenvalue weighted by Crippen LogP contribution is -2.33. The van der Waals surface area contributed by atoms with E-state index in [1.54, 1.807) is 47.3 Å². The van der Waals surface area contributed by atoms with Crippen molar-refractivity contribution in [1.29, 1.82) is 0 Å². The maximum absolute atomic E-state index is 14.1. The predicted molar refractivity (Wildman–Crippen MR) is 85.7 cm³/mol. The number of hydrogen-bond donors (Lipinski definition) is 0. The van der Waals surface area contributed by atoms with Crippen LogP contribution in [0.3, 0.4) is 0 Å². The first-order valence-corrected chi connectivity index (χ1v) is 7.38. The molecule has 0 radical (unpaired) electrons. The number of halogens is 4. The molecule has 0 N–H and O–H groups in total. The van der Waals surface area contributed by atoms with Crippen LogP contribution in [0.4, 0.5) is 14.5 Å². The van der Waals surface area contributed by atoms with Crippen molar-refractivity contribution >= 4 is 34.6 Å². The first-order chi connectivity index (χ1) is 10.5. The van der Waals surface area contributed by atoms with E-state index >= 15 is 0 Å². The third kappa shape index (κ3) is 2.42. The largest absolute Gasteiger partial charge is 0.346 e. The Labute approximate surface area is 137 Å². The van der Waals surface area contributed by atoms with Crippen molar-refractivity contribution in [3.8, 4) is 0 Å². The van der Waals surface area contributed by atoms with Gasteiger partial charge in [-0.1, -0.05) is 41.4 Å². The van der Waals surface area contributed by atoms with Gasteiger partial charge in [-0.2, -0.15) is 0 Å². The number of alkyl halides is 1. The van der Waals surface area contributed by atoms with E-state index in [0.29, 0.717) is 16.4 Å². The zero-order chi connectivity index (χ0) is 15.9. The summed E-state index contributed by atoms with van der Waals surface area (Å²) in [6, 6.07) is 10.8. The Balaban J connectivity index is 2.17. The van der Waals surface area contributed by atoms with Crippen LogP contribution in [-0.2, 0) is 0 Å². The van der Waals surface area contributed by atoms with Crippen LogP contribution in [-0.4, -0.2) is 17.6 Å². The van der Waals surface area contributed by atoms with E-state index in [9.17, 15) is 8.78 Å². The summed E-state index contributed by atoms with van der Waals surface area (Å²) in [5.41, 5.74) is 0.153. The zero-order valence-corrected chi connectivity index (χ0v) is 13.1. The fourth-order valence-electron chi connectivity index (χ4n) is 2.43. The van der Waals surface area contributed by atoms with Crippen LogP contribution in [0.25, 0.3) is 5.70 Å². The smallest absolute Gasteiger partial charge is 0.184 e. The van der Waals surface area contributed by atoms with Crippen molar-refractivity contribution in [2.45, 2.75) is 5.62 Å². The Hall–Kier alpha value is -1.78. The molecule has 3 rings (SSSR count). The SMILES string of the molecule is CN1C=C(c2c(F)cccc2F)N(c2ccccc2Cl)C1Cl. The lowest BCUT2D eigenvalue weighted by atomic mass is 10.1. The molecule has 6 heteroatoms. The van der Waals surface area contributed by atoms with Gasteiger partial charge in [-0.25, -0.2) is 8.78 Å². The Morgan fingerprint density at radius 1 is 1.00 bits per heavy atom. The second-order valence-electron chi connectivity index (χ2n) is 4.91. The van der Waals surface area contributed by atoms with Gasteiger partial charge in [0.25, 0.3) is 0 Å². The molecule has 0 saturated carbocycles. The first-order valence-electron chi connectivity index (χ1n) is 6.56. The summed E-state index contributed by atoms with van der Waals surface area (Å²) in [6.45, 7) is 0. The summed E-state index contributed by atoms with van der Waals surface area (Å²) >= 11 is 12.6. The number of rotatable bonds is 2. The molecule has 1 atom stereocenters. The fourth-order valence-corrected chi connectivity index (χ4v) is 2.93. The molecular weight excluding hydrogens is 329 g/mol. The van der Waals surface area contributed by atoms with E-state index in [1.165, 1.54) is 18.2 Å². The molecule has 2 nitrogen and oxygen atoms in total. The van der Waals surface area contributed by atoms with E-state index in [-0.39, 0.29) is 5.56 Å². The van der Waals surface area contributed by atoms with Gasteiger partial charge in [-0.15, -0.1) is 0 Å². The van der Waals surface area contributed by atoms with Gasteiger partial charge in [0.15, 0.2) is 5.62 Å². The highest BCUT2D eigenvalue weighted by Gasteiger charge is 2.34. The first kappa shape index (κ1) is 15.1. The van der Waals surface area contributed by atoms with Crippen molar-refractivity contribution in [2.75, 3.05) is 11.9 Å². The van der Waals surface area contributed by atoms with E-state index in [2.05, 4.69) is 0 Å². The second kappa shape index (κ2) is 5.78. The van der Waals surface area contributed by atoms with Crippen LogP contribution < -0.4 is 4.90 Å². The standard InChI is InChI=1S/C16H12Cl2F2N2/c1-21-9-14(15-11(19)6-4-7-12(15)20)22(16(21)18)13-8-3-2-5-10(13)17/h2-9,16H,1H3. The van der Waals surface area contributed by atoms with Gasteiger partial charge in [-0.3, -0.25) is 0 Å². The van der Waals surface area contributed by atoms with Crippen LogP contribution in [0.2, 0.25) is 5.02 Å². The van der Waals surface area contributed by atoms with E-state index in [1.807, 2.05) is 0 Å². The molecule has 0 saturated heterocycles. The van der Waals surface area contributed by atoms with Gasteiger partial charge in [0.2, 0.25) is 0 Å². The molecular formula is C16H12Cl2F2N2. The monoisotopic (exact) mass is 340 g/mol. The van der Waals surface area contributed by atoms with Crippen molar-refractivity contribution in [2.24, 2.45) is 0 Å². The molecule has 0 fully saturated rings. The molecule has 114 valence electrons. The average Bonchev–Trinajstić information content (AvgIpc) is 2.75. The Morgan fingerprint density at radius 2 is 1.64 bits per heavy atom. The lowest BCUT2D eigenvalue weighted by molar-refractivity contribution is 0.453.